The van der Waals surface area contributed by atoms with E-state index in [2.05, 4.69) is 17.4 Å². The third kappa shape index (κ3) is 2.99. The Hall–Kier alpha value is -0.710. The van der Waals surface area contributed by atoms with Gasteiger partial charge in [0.05, 0.1) is 13.7 Å². The number of aliphatic hydroxyl groups is 1. The van der Waals surface area contributed by atoms with E-state index in [4.69, 9.17) is 4.74 Å². The molecule has 0 spiro atoms. The number of likely N-dealkylation sites (N-methyl/N-ethyl adjacent to an activating group) is 1. The van der Waals surface area contributed by atoms with Gasteiger partial charge >= 0.3 is 0 Å². The molecule has 1 aliphatic rings. The first kappa shape index (κ1) is 13.7. The summed E-state index contributed by atoms with van der Waals surface area (Å²) in [6.45, 7) is 0.221. The normalized spacial score (nSPS) is 27.4. The molecular weight excluding hydrogens is 246 g/mol. The van der Waals surface area contributed by atoms with Crippen LogP contribution in [-0.2, 0) is 0 Å². The summed E-state index contributed by atoms with van der Waals surface area (Å²) in [7, 11) is 3.63. The number of rotatable bonds is 5. The van der Waals surface area contributed by atoms with Crippen LogP contribution in [0, 0.1) is 0 Å². The first-order valence-corrected chi connectivity index (χ1v) is 7.20. The van der Waals surface area contributed by atoms with Crippen LogP contribution >= 0.6 is 11.8 Å². The molecule has 0 saturated heterocycles. The van der Waals surface area contributed by atoms with Crippen molar-refractivity contribution in [3.63, 3.8) is 0 Å². The van der Waals surface area contributed by atoms with E-state index in [0.29, 0.717) is 5.25 Å². The van der Waals surface area contributed by atoms with Crippen molar-refractivity contribution < 1.29 is 9.84 Å². The fraction of sp³-hybridized carbons (Fsp3) is 0.571. The molecule has 2 unspecified atom stereocenters. The predicted molar refractivity (Wildman–Crippen MR) is 75.4 cm³/mol. The summed E-state index contributed by atoms with van der Waals surface area (Å²) in [4.78, 5) is 1.24. The highest BCUT2D eigenvalue weighted by molar-refractivity contribution is 8.00. The number of ether oxygens (including phenoxy) is 1. The molecule has 2 N–H and O–H groups in total. The standard InChI is InChI=1S/C14H21NO2S/c1-15-14(10-16)7-6-13(9-14)18-12-5-3-4-11(8-12)17-2/h3-5,8,13,15-16H,6-7,9-10H2,1-2H3. The van der Waals surface area contributed by atoms with Gasteiger partial charge in [-0.15, -0.1) is 11.8 Å². The van der Waals surface area contributed by atoms with Crippen LogP contribution in [0.25, 0.3) is 0 Å². The van der Waals surface area contributed by atoms with Crippen LogP contribution in [0.15, 0.2) is 29.2 Å². The zero-order valence-corrected chi connectivity index (χ0v) is 11.8. The summed E-state index contributed by atoms with van der Waals surface area (Å²) in [5, 5.41) is 13.3. The van der Waals surface area contributed by atoms with Gasteiger partial charge in [0, 0.05) is 15.7 Å². The molecule has 100 valence electrons. The molecule has 1 aromatic rings. The maximum Gasteiger partial charge on any atom is 0.119 e. The number of aliphatic hydroxyl groups excluding tert-OH is 1. The van der Waals surface area contributed by atoms with Gasteiger partial charge in [-0.25, -0.2) is 0 Å². The van der Waals surface area contributed by atoms with Crippen molar-refractivity contribution in [2.75, 3.05) is 20.8 Å². The molecule has 1 fully saturated rings. The van der Waals surface area contributed by atoms with E-state index in [1.807, 2.05) is 30.9 Å². The SMILES string of the molecule is CNC1(CO)CCC(Sc2cccc(OC)c2)C1. The van der Waals surface area contributed by atoms with Crippen molar-refractivity contribution in [3.8, 4) is 5.75 Å². The van der Waals surface area contributed by atoms with Crippen LogP contribution < -0.4 is 10.1 Å². The number of benzene rings is 1. The van der Waals surface area contributed by atoms with Gasteiger partial charge in [0.2, 0.25) is 0 Å². The lowest BCUT2D eigenvalue weighted by Crippen LogP contribution is -2.44. The van der Waals surface area contributed by atoms with Crippen molar-refractivity contribution in [1.82, 2.24) is 5.32 Å². The lowest BCUT2D eigenvalue weighted by Gasteiger charge is -2.26. The molecule has 4 heteroatoms. The zero-order valence-electron chi connectivity index (χ0n) is 11.0. The molecule has 1 aromatic carbocycles. The van der Waals surface area contributed by atoms with Crippen LogP contribution in [0.5, 0.6) is 5.75 Å². The molecule has 0 radical (unpaired) electrons. The number of methoxy groups -OCH3 is 1. The third-order valence-corrected chi connectivity index (χ3v) is 5.00. The first-order chi connectivity index (χ1) is 8.71. The van der Waals surface area contributed by atoms with E-state index in [9.17, 15) is 5.11 Å². The summed E-state index contributed by atoms with van der Waals surface area (Å²) in [5.41, 5.74) is -0.0729. The highest BCUT2D eigenvalue weighted by atomic mass is 32.2. The van der Waals surface area contributed by atoms with Crippen LogP contribution in [0.4, 0.5) is 0 Å². The predicted octanol–water partition coefficient (Wildman–Crippen LogP) is 2.29. The van der Waals surface area contributed by atoms with E-state index in [-0.39, 0.29) is 12.1 Å². The maximum atomic E-state index is 9.49. The van der Waals surface area contributed by atoms with Crippen LogP contribution in [0.2, 0.25) is 0 Å². The van der Waals surface area contributed by atoms with Crippen LogP contribution in [0.1, 0.15) is 19.3 Å². The highest BCUT2D eigenvalue weighted by Crippen LogP contribution is 2.40. The highest BCUT2D eigenvalue weighted by Gasteiger charge is 2.37. The Bertz CT molecular complexity index is 393. The molecular formula is C14H21NO2S. The summed E-state index contributed by atoms with van der Waals surface area (Å²) in [5.74, 6) is 0.903. The Morgan fingerprint density at radius 3 is 3.00 bits per heavy atom. The number of thioether (sulfide) groups is 1. The average molecular weight is 267 g/mol. The maximum absolute atomic E-state index is 9.49. The summed E-state index contributed by atoms with van der Waals surface area (Å²) < 4.78 is 5.24. The first-order valence-electron chi connectivity index (χ1n) is 6.32. The molecule has 0 heterocycles. The van der Waals surface area contributed by atoms with Gasteiger partial charge in [-0.3, -0.25) is 0 Å². The number of hydrogen-bond acceptors (Lipinski definition) is 4. The second kappa shape index (κ2) is 5.95. The molecule has 3 nitrogen and oxygen atoms in total. The summed E-state index contributed by atoms with van der Waals surface area (Å²) >= 11 is 1.88. The Morgan fingerprint density at radius 2 is 2.39 bits per heavy atom. The molecule has 0 amide bonds. The van der Waals surface area contributed by atoms with Crippen molar-refractivity contribution in [3.05, 3.63) is 24.3 Å². The second-order valence-electron chi connectivity index (χ2n) is 4.85. The Labute approximate surface area is 113 Å². The number of nitrogens with one attached hydrogen (secondary N) is 1. The fourth-order valence-corrected chi connectivity index (χ4v) is 3.86. The zero-order chi connectivity index (χ0) is 13.0. The van der Waals surface area contributed by atoms with Crippen molar-refractivity contribution in [2.45, 2.75) is 34.9 Å². The van der Waals surface area contributed by atoms with Crippen LogP contribution in [0.3, 0.4) is 0 Å². The molecule has 0 aromatic heterocycles. The van der Waals surface area contributed by atoms with Gasteiger partial charge in [0.1, 0.15) is 5.75 Å². The average Bonchev–Trinajstić information content (AvgIpc) is 2.83. The number of hydrogen-bond donors (Lipinski definition) is 2. The summed E-state index contributed by atoms with van der Waals surface area (Å²) in [6, 6.07) is 8.17. The van der Waals surface area contributed by atoms with Gasteiger partial charge in [-0.1, -0.05) is 6.07 Å². The van der Waals surface area contributed by atoms with E-state index in [1.54, 1.807) is 7.11 Å². The summed E-state index contributed by atoms with van der Waals surface area (Å²) in [6.07, 6.45) is 3.20. The Kier molecular flexibility index (Phi) is 4.54. The molecule has 1 saturated carbocycles. The van der Waals surface area contributed by atoms with E-state index in [1.165, 1.54) is 4.90 Å². The van der Waals surface area contributed by atoms with Crippen molar-refractivity contribution in [2.24, 2.45) is 0 Å². The van der Waals surface area contributed by atoms with Crippen molar-refractivity contribution >= 4 is 11.8 Å². The molecule has 0 aliphatic heterocycles. The Balaban J connectivity index is 1.98. The van der Waals surface area contributed by atoms with Gasteiger partial charge in [0.15, 0.2) is 0 Å². The minimum absolute atomic E-state index is 0.0729. The molecule has 2 rings (SSSR count). The van der Waals surface area contributed by atoms with Crippen molar-refractivity contribution in [1.29, 1.82) is 0 Å². The molecule has 0 bridgehead atoms. The second-order valence-corrected chi connectivity index (χ2v) is 6.22. The monoisotopic (exact) mass is 267 g/mol. The van der Waals surface area contributed by atoms with E-state index >= 15 is 0 Å². The van der Waals surface area contributed by atoms with E-state index < -0.39 is 0 Å². The minimum Gasteiger partial charge on any atom is -0.497 e. The van der Waals surface area contributed by atoms with Crippen LogP contribution in [-0.4, -0.2) is 36.7 Å². The van der Waals surface area contributed by atoms with Gasteiger partial charge in [0.25, 0.3) is 0 Å². The van der Waals surface area contributed by atoms with E-state index in [0.717, 1.165) is 25.0 Å². The Morgan fingerprint density at radius 1 is 1.56 bits per heavy atom. The minimum atomic E-state index is -0.0729. The molecule has 2 atom stereocenters. The van der Waals surface area contributed by atoms with Gasteiger partial charge in [-0.05, 0) is 44.5 Å². The topological polar surface area (TPSA) is 41.5 Å². The quantitative estimate of drug-likeness (QED) is 0.859. The lowest BCUT2D eigenvalue weighted by molar-refractivity contribution is 0.173. The third-order valence-electron chi connectivity index (χ3n) is 3.74. The smallest absolute Gasteiger partial charge is 0.119 e. The largest absolute Gasteiger partial charge is 0.497 e. The molecule has 1 aliphatic carbocycles. The van der Waals surface area contributed by atoms with Gasteiger partial charge < -0.3 is 15.2 Å². The lowest BCUT2D eigenvalue weighted by atomic mass is 10.00. The fourth-order valence-electron chi connectivity index (χ4n) is 2.49. The van der Waals surface area contributed by atoms with Gasteiger partial charge in [-0.2, -0.15) is 0 Å². The molecule has 18 heavy (non-hydrogen) atoms.